The quantitative estimate of drug-likeness (QED) is 0.332. The lowest BCUT2D eigenvalue weighted by Gasteiger charge is -2.15. The summed E-state index contributed by atoms with van der Waals surface area (Å²) in [5, 5.41) is 3.59. The maximum Gasteiger partial charge on any atom is 0.224 e. The third kappa shape index (κ3) is 4.96. The number of rotatable bonds is 8. The van der Waals surface area contributed by atoms with E-state index in [0.29, 0.717) is 40.2 Å². The Bertz CT molecular complexity index is 1370. The van der Waals surface area contributed by atoms with E-state index in [1.54, 1.807) is 44.4 Å². The molecule has 34 heavy (non-hydrogen) atoms. The Kier molecular flexibility index (Phi) is 6.97. The number of methoxy groups -OCH3 is 1. The van der Waals surface area contributed by atoms with Crippen LogP contribution in [0.3, 0.4) is 0 Å². The van der Waals surface area contributed by atoms with Crippen LogP contribution in [0, 0.1) is 5.82 Å². The molecule has 1 N–H and O–H groups in total. The average molecular weight is 457 g/mol. The number of aromatic nitrogens is 1. The van der Waals surface area contributed by atoms with E-state index < -0.39 is 0 Å². The number of halogens is 1. The van der Waals surface area contributed by atoms with Crippen LogP contribution in [-0.4, -0.2) is 23.8 Å². The molecule has 0 fully saturated rings. The molecule has 6 heteroatoms. The summed E-state index contributed by atoms with van der Waals surface area (Å²) in [5.41, 5.74) is 3.68. The maximum absolute atomic E-state index is 14.8. The normalized spacial score (nSPS) is 10.8. The molecule has 4 rings (SSSR count). The van der Waals surface area contributed by atoms with E-state index in [1.165, 1.54) is 6.07 Å². The van der Waals surface area contributed by atoms with Crippen LogP contribution in [0.25, 0.3) is 33.3 Å². The Morgan fingerprint density at radius 2 is 1.65 bits per heavy atom. The van der Waals surface area contributed by atoms with Crippen molar-refractivity contribution in [3.8, 4) is 28.1 Å². The molecule has 0 bridgehead atoms. The van der Waals surface area contributed by atoms with E-state index in [4.69, 9.17) is 9.72 Å². The summed E-state index contributed by atoms with van der Waals surface area (Å²) in [6, 6.07) is 21.3. The Balaban J connectivity index is 1.79. The fourth-order valence-corrected chi connectivity index (χ4v) is 3.84. The molecule has 4 aromatic rings. The van der Waals surface area contributed by atoms with Crippen LogP contribution >= 0.6 is 0 Å². The number of hydrogen-bond acceptors (Lipinski definition) is 4. The molecule has 0 unspecified atom stereocenters. The second-order valence-electron chi connectivity index (χ2n) is 7.91. The van der Waals surface area contributed by atoms with Gasteiger partial charge in [-0.3, -0.25) is 9.59 Å². The topological polar surface area (TPSA) is 68.3 Å². The smallest absolute Gasteiger partial charge is 0.224 e. The van der Waals surface area contributed by atoms with Crippen molar-refractivity contribution in [2.45, 2.75) is 26.2 Å². The van der Waals surface area contributed by atoms with Crippen LogP contribution in [0.1, 0.15) is 26.2 Å². The first-order valence-corrected chi connectivity index (χ1v) is 11.1. The number of nitrogens with zero attached hydrogens (tertiary/aromatic N) is 1. The van der Waals surface area contributed by atoms with Crippen molar-refractivity contribution in [2.24, 2.45) is 0 Å². The van der Waals surface area contributed by atoms with Crippen molar-refractivity contribution in [3.05, 3.63) is 78.6 Å². The molecule has 0 spiro atoms. The Labute approximate surface area is 197 Å². The van der Waals surface area contributed by atoms with Gasteiger partial charge in [0.15, 0.2) is 0 Å². The molecule has 1 heterocycles. The van der Waals surface area contributed by atoms with E-state index in [9.17, 15) is 14.0 Å². The fourth-order valence-electron chi connectivity index (χ4n) is 3.84. The molecular formula is C28H25FN2O3. The van der Waals surface area contributed by atoms with Gasteiger partial charge in [-0.15, -0.1) is 0 Å². The molecular weight excluding hydrogens is 431 g/mol. The lowest BCUT2D eigenvalue weighted by atomic mass is 9.96. The lowest BCUT2D eigenvalue weighted by molar-refractivity contribution is -0.122. The summed E-state index contributed by atoms with van der Waals surface area (Å²) in [6.45, 7) is 1.78. The number of amides is 1. The summed E-state index contributed by atoms with van der Waals surface area (Å²) in [4.78, 5) is 28.6. The number of pyridine rings is 1. The van der Waals surface area contributed by atoms with Gasteiger partial charge in [-0.2, -0.15) is 0 Å². The van der Waals surface area contributed by atoms with Gasteiger partial charge >= 0.3 is 0 Å². The minimum absolute atomic E-state index is 0.0521. The summed E-state index contributed by atoms with van der Waals surface area (Å²) >= 11 is 0. The van der Waals surface area contributed by atoms with E-state index in [1.807, 2.05) is 36.4 Å². The van der Waals surface area contributed by atoms with Gasteiger partial charge < -0.3 is 10.1 Å². The number of ketones is 1. The molecule has 3 aromatic carbocycles. The molecule has 0 atom stereocenters. The molecule has 0 saturated carbocycles. The molecule has 1 aromatic heterocycles. The van der Waals surface area contributed by atoms with Crippen molar-refractivity contribution in [3.63, 3.8) is 0 Å². The highest BCUT2D eigenvalue weighted by atomic mass is 19.1. The van der Waals surface area contributed by atoms with Gasteiger partial charge in [0.05, 0.1) is 18.3 Å². The van der Waals surface area contributed by atoms with Crippen molar-refractivity contribution < 1.29 is 18.7 Å². The summed E-state index contributed by atoms with van der Waals surface area (Å²) in [7, 11) is 1.59. The van der Waals surface area contributed by atoms with Gasteiger partial charge in [0, 0.05) is 47.0 Å². The van der Waals surface area contributed by atoms with Crippen molar-refractivity contribution in [1.82, 2.24) is 4.98 Å². The third-order valence-electron chi connectivity index (χ3n) is 5.65. The highest BCUT2D eigenvalue weighted by Crippen LogP contribution is 2.38. The molecule has 0 saturated heterocycles. The molecule has 5 nitrogen and oxygen atoms in total. The van der Waals surface area contributed by atoms with Crippen LogP contribution in [-0.2, 0) is 9.59 Å². The molecule has 172 valence electrons. The zero-order chi connectivity index (χ0) is 24.1. The number of anilines is 1. The standard InChI is InChI=1S/C28H25FN2O3/c1-3-20(32)13-15-27(33)30-19-12-14-25-18(16-19)17-23(21-8-4-6-10-24(21)29)28(31-25)22-9-5-7-11-26(22)34-2/h4-12,14,16-17H,3,13,15H2,1-2H3,(H,30,33). The van der Waals surface area contributed by atoms with Gasteiger partial charge in [-0.1, -0.05) is 37.3 Å². The van der Waals surface area contributed by atoms with Crippen LogP contribution in [0.2, 0.25) is 0 Å². The highest BCUT2D eigenvalue weighted by Gasteiger charge is 2.17. The van der Waals surface area contributed by atoms with Crippen LogP contribution in [0.5, 0.6) is 5.75 Å². The van der Waals surface area contributed by atoms with Gasteiger partial charge in [0.2, 0.25) is 5.91 Å². The first-order chi connectivity index (χ1) is 16.5. The number of carbonyl (C=O) groups is 2. The summed E-state index contributed by atoms with van der Waals surface area (Å²) < 4.78 is 20.4. The largest absolute Gasteiger partial charge is 0.496 e. The van der Waals surface area contributed by atoms with Crippen molar-refractivity contribution in [2.75, 3.05) is 12.4 Å². The number of carbonyl (C=O) groups excluding carboxylic acids is 2. The zero-order valence-corrected chi connectivity index (χ0v) is 19.1. The monoisotopic (exact) mass is 456 g/mol. The van der Waals surface area contributed by atoms with Crippen LogP contribution in [0.15, 0.2) is 72.8 Å². The number of nitrogens with one attached hydrogen (secondary N) is 1. The number of ether oxygens (including phenoxy) is 1. The number of hydrogen-bond donors (Lipinski definition) is 1. The van der Waals surface area contributed by atoms with Gasteiger partial charge in [-0.05, 0) is 42.5 Å². The first-order valence-electron chi connectivity index (χ1n) is 11.1. The van der Waals surface area contributed by atoms with E-state index in [0.717, 1.165) is 10.9 Å². The third-order valence-corrected chi connectivity index (χ3v) is 5.65. The SMILES string of the molecule is CCC(=O)CCC(=O)Nc1ccc2nc(-c3ccccc3OC)c(-c3ccccc3F)cc2c1. The Morgan fingerprint density at radius 1 is 0.912 bits per heavy atom. The van der Waals surface area contributed by atoms with Crippen molar-refractivity contribution >= 4 is 28.3 Å². The van der Waals surface area contributed by atoms with Gasteiger partial charge in [0.1, 0.15) is 17.3 Å². The Morgan fingerprint density at radius 3 is 2.38 bits per heavy atom. The predicted molar refractivity (Wildman–Crippen MR) is 132 cm³/mol. The fraction of sp³-hybridized carbons (Fsp3) is 0.179. The second kappa shape index (κ2) is 10.3. The first kappa shape index (κ1) is 23.1. The van der Waals surface area contributed by atoms with E-state index >= 15 is 0 Å². The minimum atomic E-state index is -0.357. The number of para-hydroxylation sites is 1. The number of benzene rings is 3. The van der Waals surface area contributed by atoms with Gasteiger partial charge in [0.25, 0.3) is 0 Å². The lowest BCUT2D eigenvalue weighted by Crippen LogP contribution is -2.13. The molecule has 0 radical (unpaired) electrons. The summed E-state index contributed by atoms with van der Waals surface area (Å²) in [6.07, 6.45) is 0.773. The predicted octanol–water partition coefficient (Wildman–Crippen LogP) is 6.41. The average Bonchev–Trinajstić information content (AvgIpc) is 2.86. The van der Waals surface area contributed by atoms with E-state index in [2.05, 4.69) is 5.32 Å². The minimum Gasteiger partial charge on any atom is -0.496 e. The zero-order valence-electron chi connectivity index (χ0n) is 19.1. The maximum atomic E-state index is 14.8. The summed E-state index contributed by atoms with van der Waals surface area (Å²) in [5.74, 6) is 0.104. The molecule has 0 aliphatic heterocycles. The second-order valence-corrected chi connectivity index (χ2v) is 7.91. The van der Waals surface area contributed by atoms with Gasteiger partial charge in [-0.25, -0.2) is 9.37 Å². The van der Waals surface area contributed by atoms with Crippen LogP contribution < -0.4 is 10.1 Å². The number of Topliss-reactive ketones (excluding diaryl/α,β-unsaturated/α-hetero) is 1. The Hall–Kier alpha value is -4.06. The van der Waals surface area contributed by atoms with Crippen LogP contribution in [0.4, 0.5) is 10.1 Å². The molecule has 0 aliphatic rings. The van der Waals surface area contributed by atoms with Crippen molar-refractivity contribution in [1.29, 1.82) is 0 Å². The van der Waals surface area contributed by atoms with E-state index in [-0.39, 0.29) is 30.3 Å². The molecule has 1 amide bonds. The molecule has 0 aliphatic carbocycles. The number of fused-ring (bicyclic) bond motifs is 1. The highest BCUT2D eigenvalue weighted by molar-refractivity contribution is 5.98.